The van der Waals surface area contributed by atoms with Crippen LogP contribution in [0.4, 0.5) is 0 Å². The molecule has 2 heteroatoms. The SMILES string of the molecule is CCOc1ccc(CC[N-]C)cc1. The maximum atomic E-state index is 5.34. The second kappa shape index (κ2) is 5.60. The van der Waals surface area contributed by atoms with Crippen LogP contribution in [0, 0.1) is 0 Å². The fourth-order valence-electron chi connectivity index (χ4n) is 1.16. The van der Waals surface area contributed by atoms with Crippen LogP contribution < -0.4 is 4.74 Å². The van der Waals surface area contributed by atoms with E-state index in [1.54, 1.807) is 0 Å². The maximum absolute atomic E-state index is 5.34. The molecule has 0 amide bonds. The molecule has 0 aliphatic rings. The van der Waals surface area contributed by atoms with Crippen LogP contribution in [0.1, 0.15) is 12.5 Å². The highest BCUT2D eigenvalue weighted by Gasteiger charge is 1.91. The molecule has 1 aromatic carbocycles. The molecule has 0 heterocycles. The Hall–Kier alpha value is -1.02. The smallest absolute Gasteiger partial charge is 0.119 e. The van der Waals surface area contributed by atoms with Crippen molar-refractivity contribution in [2.75, 3.05) is 20.2 Å². The summed E-state index contributed by atoms with van der Waals surface area (Å²) in [4.78, 5) is 0. The van der Waals surface area contributed by atoms with E-state index in [4.69, 9.17) is 4.74 Å². The zero-order valence-corrected chi connectivity index (χ0v) is 8.29. The van der Waals surface area contributed by atoms with Crippen molar-refractivity contribution in [3.8, 4) is 5.75 Å². The zero-order valence-electron chi connectivity index (χ0n) is 8.29. The normalized spacial score (nSPS) is 10.0. The Morgan fingerprint density at radius 1 is 1.23 bits per heavy atom. The van der Waals surface area contributed by atoms with Crippen molar-refractivity contribution in [2.45, 2.75) is 13.3 Å². The summed E-state index contributed by atoms with van der Waals surface area (Å²) in [7, 11) is 1.84. The third-order valence-corrected chi connectivity index (χ3v) is 1.86. The third-order valence-electron chi connectivity index (χ3n) is 1.86. The standard InChI is InChI=1S/C11H16NO/c1-3-13-11-6-4-10(5-7-11)8-9-12-2/h4-7H,3,8-9H2,1-2H3/q-1. The number of hydrogen-bond donors (Lipinski definition) is 0. The van der Waals surface area contributed by atoms with Gasteiger partial charge in [-0.1, -0.05) is 12.1 Å². The molecule has 2 nitrogen and oxygen atoms in total. The van der Waals surface area contributed by atoms with Crippen molar-refractivity contribution < 1.29 is 4.74 Å². The van der Waals surface area contributed by atoms with Crippen LogP contribution in [-0.2, 0) is 6.42 Å². The van der Waals surface area contributed by atoms with Gasteiger partial charge in [0.05, 0.1) is 6.61 Å². The Bertz CT molecular complexity index is 230. The van der Waals surface area contributed by atoms with Crippen molar-refractivity contribution in [3.05, 3.63) is 35.1 Å². The molecule has 0 saturated carbocycles. The van der Waals surface area contributed by atoms with Crippen LogP contribution in [0.2, 0.25) is 0 Å². The highest BCUT2D eigenvalue weighted by atomic mass is 16.5. The van der Waals surface area contributed by atoms with Gasteiger partial charge in [-0.3, -0.25) is 0 Å². The number of likely N-dealkylation sites (N-methyl/N-ethyl adjacent to an activating group) is 1. The minimum Gasteiger partial charge on any atom is -0.665 e. The molecule has 13 heavy (non-hydrogen) atoms. The quantitative estimate of drug-likeness (QED) is 0.679. The van der Waals surface area contributed by atoms with Crippen LogP contribution >= 0.6 is 0 Å². The van der Waals surface area contributed by atoms with Crippen LogP contribution in [0.25, 0.3) is 5.32 Å². The third kappa shape index (κ3) is 3.47. The molecule has 72 valence electrons. The lowest BCUT2D eigenvalue weighted by molar-refractivity contribution is 0.340. The lowest BCUT2D eigenvalue weighted by Gasteiger charge is -2.10. The van der Waals surface area contributed by atoms with Gasteiger partial charge in [0.1, 0.15) is 5.75 Å². The summed E-state index contributed by atoms with van der Waals surface area (Å²) >= 11 is 0. The second-order valence-electron chi connectivity index (χ2n) is 2.87. The first-order valence-corrected chi connectivity index (χ1v) is 4.64. The molecule has 0 unspecified atom stereocenters. The molecular formula is C11H16NO-. The number of nitrogens with zero attached hydrogens (tertiary/aromatic N) is 1. The molecule has 1 aromatic rings. The number of benzene rings is 1. The molecule has 0 fully saturated rings. The molecule has 0 saturated heterocycles. The summed E-state index contributed by atoms with van der Waals surface area (Å²) in [6, 6.07) is 8.20. The first kappa shape index (κ1) is 10.1. The number of hydrogen-bond acceptors (Lipinski definition) is 1. The molecule has 1 rings (SSSR count). The topological polar surface area (TPSA) is 23.3 Å². The molecule has 0 N–H and O–H groups in total. The zero-order chi connectivity index (χ0) is 9.52. The van der Waals surface area contributed by atoms with Gasteiger partial charge in [0.2, 0.25) is 0 Å². The first-order valence-electron chi connectivity index (χ1n) is 4.64. The largest absolute Gasteiger partial charge is 0.665 e. The van der Waals surface area contributed by atoms with E-state index < -0.39 is 0 Å². The van der Waals surface area contributed by atoms with Crippen molar-refractivity contribution >= 4 is 0 Å². The highest BCUT2D eigenvalue weighted by molar-refractivity contribution is 5.27. The summed E-state index contributed by atoms with van der Waals surface area (Å²) < 4.78 is 5.34. The molecule has 0 spiro atoms. The number of rotatable bonds is 5. The molecule has 0 bridgehead atoms. The van der Waals surface area contributed by atoms with Crippen molar-refractivity contribution in [3.63, 3.8) is 0 Å². The molecule has 0 aromatic heterocycles. The summed E-state index contributed by atoms with van der Waals surface area (Å²) in [6.07, 6.45) is 1.02. The van der Waals surface area contributed by atoms with E-state index in [1.807, 2.05) is 26.1 Å². The lowest BCUT2D eigenvalue weighted by Crippen LogP contribution is -1.93. The van der Waals surface area contributed by atoms with Crippen molar-refractivity contribution in [1.82, 2.24) is 0 Å². The Balaban J connectivity index is 2.48. The minimum absolute atomic E-state index is 0.726. The summed E-state index contributed by atoms with van der Waals surface area (Å²) in [5.41, 5.74) is 1.31. The number of ether oxygens (including phenoxy) is 1. The highest BCUT2D eigenvalue weighted by Crippen LogP contribution is 2.12. The molecule has 0 aliphatic heterocycles. The Labute approximate surface area is 79.9 Å². The van der Waals surface area contributed by atoms with Gasteiger partial charge >= 0.3 is 0 Å². The van der Waals surface area contributed by atoms with Crippen LogP contribution in [0.5, 0.6) is 5.75 Å². The van der Waals surface area contributed by atoms with Gasteiger partial charge in [-0.2, -0.15) is 7.05 Å². The maximum Gasteiger partial charge on any atom is 0.119 e. The van der Waals surface area contributed by atoms with Gasteiger partial charge in [-0.15, -0.1) is 6.54 Å². The van der Waals surface area contributed by atoms with Gasteiger partial charge in [0.25, 0.3) is 0 Å². The van der Waals surface area contributed by atoms with Crippen LogP contribution in [0.3, 0.4) is 0 Å². The van der Waals surface area contributed by atoms with E-state index >= 15 is 0 Å². The first-order chi connectivity index (χ1) is 6.36. The Morgan fingerprint density at radius 3 is 2.46 bits per heavy atom. The van der Waals surface area contributed by atoms with Gasteiger partial charge in [0.15, 0.2) is 0 Å². The van der Waals surface area contributed by atoms with Crippen molar-refractivity contribution in [1.29, 1.82) is 0 Å². The average molecular weight is 178 g/mol. The van der Waals surface area contributed by atoms with E-state index in [-0.39, 0.29) is 0 Å². The van der Waals surface area contributed by atoms with Gasteiger partial charge in [-0.05, 0) is 31.0 Å². The van der Waals surface area contributed by atoms with E-state index in [0.29, 0.717) is 0 Å². The van der Waals surface area contributed by atoms with E-state index in [2.05, 4.69) is 17.4 Å². The predicted molar refractivity (Wildman–Crippen MR) is 55.5 cm³/mol. The fraction of sp³-hybridized carbons (Fsp3) is 0.455. The molecular weight excluding hydrogens is 162 g/mol. The second-order valence-corrected chi connectivity index (χ2v) is 2.87. The van der Waals surface area contributed by atoms with Gasteiger partial charge in [-0.25, -0.2) is 0 Å². The minimum atomic E-state index is 0.726. The van der Waals surface area contributed by atoms with E-state index in [0.717, 1.165) is 25.3 Å². The summed E-state index contributed by atoms with van der Waals surface area (Å²) in [5, 5.41) is 4.06. The van der Waals surface area contributed by atoms with Crippen molar-refractivity contribution in [2.24, 2.45) is 0 Å². The summed E-state index contributed by atoms with van der Waals surface area (Å²) in [6.45, 7) is 3.61. The Morgan fingerprint density at radius 2 is 1.92 bits per heavy atom. The Kier molecular flexibility index (Phi) is 4.33. The van der Waals surface area contributed by atoms with E-state index in [1.165, 1.54) is 5.56 Å². The molecule has 0 aliphatic carbocycles. The average Bonchev–Trinajstić information content (AvgIpc) is 2.17. The molecule has 0 atom stereocenters. The summed E-state index contributed by atoms with van der Waals surface area (Å²) in [5.74, 6) is 0.944. The van der Waals surface area contributed by atoms with Crippen LogP contribution in [-0.4, -0.2) is 20.2 Å². The monoisotopic (exact) mass is 178 g/mol. The van der Waals surface area contributed by atoms with Gasteiger partial charge < -0.3 is 10.1 Å². The fourth-order valence-corrected chi connectivity index (χ4v) is 1.16. The van der Waals surface area contributed by atoms with E-state index in [9.17, 15) is 0 Å². The predicted octanol–water partition coefficient (Wildman–Crippen LogP) is 2.63. The van der Waals surface area contributed by atoms with Crippen LogP contribution in [0.15, 0.2) is 24.3 Å². The molecule has 0 radical (unpaired) electrons. The van der Waals surface area contributed by atoms with Gasteiger partial charge in [0, 0.05) is 0 Å². The lowest BCUT2D eigenvalue weighted by atomic mass is 10.1.